The average Bonchev–Trinajstić information content (AvgIpc) is 2.65. The van der Waals surface area contributed by atoms with Crippen LogP contribution in [0.1, 0.15) is 24.5 Å². The van der Waals surface area contributed by atoms with Gasteiger partial charge < -0.3 is 9.80 Å². The fourth-order valence-electron chi connectivity index (χ4n) is 2.74. The smallest absolute Gasteiger partial charge is 0.350 e. The van der Waals surface area contributed by atoms with Crippen molar-refractivity contribution in [1.29, 1.82) is 15.8 Å². The van der Waals surface area contributed by atoms with Gasteiger partial charge in [0.15, 0.2) is 0 Å². The van der Waals surface area contributed by atoms with Crippen LogP contribution in [0.3, 0.4) is 0 Å². The maximum Gasteiger partial charge on any atom is 0.417 e. The number of hydrogen-bond acceptors (Lipinski definition) is 5. The number of rotatable bonds is 7. The summed E-state index contributed by atoms with van der Waals surface area (Å²) in [6, 6.07) is 4.94. The molecule has 1 amide bonds. The first-order valence-corrected chi connectivity index (χ1v) is 8.37. The highest BCUT2D eigenvalue weighted by atomic mass is 19.4. The van der Waals surface area contributed by atoms with E-state index < -0.39 is 60.8 Å². The molecule has 0 fully saturated rings. The predicted octanol–water partition coefficient (Wildman–Crippen LogP) is 3.60. The zero-order chi connectivity index (χ0) is 23.1. The van der Waals surface area contributed by atoms with E-state index >= 15 is 0 Å². The minimum absolute atomic E-state index is 0.246. The number of halogens is 6. The highest BCUT2D eigenvalue weighted by molar-refractivity contribution is 5.86. The number of hydrogen-bond donors (Lipinski definition) is 0. The lowest BCUT2D eigenvalue weighted by atomic mass is 10.0. The number of carbonyl (C=O) groups is 1. The van der Waals surface area contributed by atoms with Crippen LogP contribution in [-0.2, 0) is 11.0 Å². The fraction of sp³-hybridized carbons (Fsp3) is 0.444. The van der Waals surface area contributed by atoms with Crippen LogP contribution in [0.25, 0.3) is 0 Å². The lowest BCUT2D eigenvalue weighted by Gasteiger charge is -2.35. The molecule has 0 saturated heterocycles. The lowest BCUT2D eigenvalue weighted by molar-refractivity contribution is -0.137. The Morgan fingerprint density at radius 3 is 2.03 bits per heavy atom. The molecule has 1 unspecified atom stereocenters. The molecule has 1 atom stereocenters. The Bertz CT molecular complexity index is 875. The van der Waals surface area contributed by atoms with E-state index in [1.165, 1.54) is 13.0 Å². The maximum atomic E-state index is 13.2. The molecule has 1 rings (SSSR count). The van der Waals surface area contributed by atoms with Crippen molar-refractivity contribution in [3.05, 3.63) is 29.3 Å². The van der Waals surface area contributed by atoms with Crippen LogP contribution in [0.2, 0.25) is 0 Å². The van der Waals surface area contributed by atoms with Crippen LogP contribution in [0.4, 0.5) is 32.0 Å². The molecular weight excluding hydrogens is 416 g/mol. The second-order valence-electron chi connectivity index (χ2n) is 6.02. The van der Waals surface area contributed by atoms with Crippen molar-refractivity contribution in [1.82, 2.24) is 4.90 Å². The van der Waals surface area contributed by atoms with Crippen molar-refractivity contribution in [2.24, 2.45) is 0 Å². The molecule has 6 nitrogen and oxygen atoms in total. The molecule has 0 aliphatic rings. The van der Waals surface area contributed by atoms with E-state index in [9.17, 15) is 31.1 Å². The van der Waals surface area contributed by atoms with Crippen LogP contribution in [0, 0.1) is 34.0 Å². The van der Waals surface area contributed by atoms with Gasteiger partial charge >= 0.3 is 12.4 Å². The largest absolute Gasteiger partial charge is 0.417 e. The number of amides is 1. The van der Waals surface area contributed by atoms with Crippen molar-refractivity contribution in [3.8, 4) is 18.2 Å². The predicted molar refractivity (Wildman–Crippen MR) is 91.4 cm³/mol. The molecule has 30 heavy (non-hydrogen) atoms. The van der Waals surface area contributed by atoms with Crippen molar-refractivity contribution in [3.63, 3.8) is 0 Å². The van der Waals surface area contributed by atoms with Crippen LogP contribution in [0.15, 0.2) is 18.2 Å². The van der Waals surface area contributed by atoms with E-state index in [-0.39, 0.29) is 6.42 Å². The molecule has 12 heteroatoms. The van der Waals surface area contributed by atoms with E-state index in [0.717, 1.165) is 12.1 Å². The number of carbonyl (C=O) groups excluding carboxylic acids is 1. The molecule has 0 aliphatic heterocycles. The van der Waals surface area contributed by atoms with Gasteiger partial charge in [-0.3, -0.25) is 4.79 Å². The summed E-state index contributed by atoms with van der Waals surface area (Å²) in [5.41, 5.74) is -2.80. The SMILES string of the molecule is CCC(C(=O)N(CC#N)CC#N)N(CC(F)(F)F)c1ccc(C#N)c(C(F)(F)F)c1. The summed E-state index contributed by atoms with van der Waals surface area (Å²) >= 11 is 0. The molecule has 0 spiro atoms. The monoisotopic (exact) mass is 431 g/mol. The van der Waals surface area contributed by atoms with Gasteiger partial charge in [0.2, 0.25) is 5.91 Å². The summed E-state index contributed by atoms with van der Waals surface area (Å²) < 4.78 is 79.3. The first-order valence-electron chi connectivity index (χ1n) is 8.37. The minimum Gasteiger partial charge on any atom is -0.350 e. The summed E-state index contributed by atoms with van der Waals surface area (Å²) in [7, 11) is 0. The first-order chi connectivity index (χ1) is 13.9. The summed E-state index contributed by atoms with van der Waals surface area (Å²) in [6.07, 6.45) is -10.1. The lowest BCUT2D eigenvalue weighted by Crippen LogP contribution is -2.51. The van der Waals surface area contributed by atoms with Gasteiger partial charge in [-0.1, -0.05) is 6.92 Å². The third-order valence-corrected chi connectivity index (χ3v) is 3.99. The first kappa shape index (κ1) is 24.6. The summed E-state index contributed by atoms with van der Waals surface area (Å²) in [4.78, 5) is 13.8. The molecule has 1 aromatic rings. The van der Waals surface area contributed by atoms with E-state index in [0.29, 0.717) is 15.9 Å². The van der Waals surface area contributed by atoms with Crippen LogP contribution < -0.4 is 4.90 Å². The molecule has 0 bridgehead atoms. The van der Waals surface area contributed by atoms with Crippen molar-refractivity contribution < 1.29 is 31.1 Å². The normalized spacial score (nSPS) is 12.3. The molecule has 0 heterocycles. The molecule has 0 aromatic heterocycles. The standard InChI is InChI=1S/C18H15F6N5O/c1-2-15(16(30)28(7-5-25)8-6-26)29(11-17(19,20)21)13-4-3-12(10-27)14(9-13)18(22,23)24/h3-4,9,15H,2,7-8,11H2,1H3. The number of benzene rings is 1. The van der Waals surface area contributed by atoms with Crippen LogP contribution in [0.5, 0.6) is 0 Å². The van der Waals surface area contributed by atoms with Gasteiger partial charge in [-0.15, -0.1) is 0 Å². The molecule has 0 N–H and O–H groups in total. The van der Waals surface area contributed by atoms with E-state index in [1.54, 1.807) is 12.1 Å². The Morgan fingerprint density at radius 1 is 1.07 bits per heavy atom. The Labute approximate surface area is 168 Å². The number of nitriles is 3. The molecular formula is C18H15F6N5O. The Kier molecular flexibility index (Phi) is 8.06. The summed E-state index contributed by atoms with van der Waals surface area (Å²) in [6.45, 7) is -1.57. The van der Waals surface area contributed by atoms with Gasteiger partial charge in [0.05, 0.1) is 29.3 Å². The van der Waals surface area contributed by atoms with Crippen LogP contribution in [-0.4, -0.2) is 42.7 Å². The van der Waals surface area contributed by atoms with Gasteiger partial charge in [0, 0.05) is 5.69 Å². The summed E-state index contributed by atoms with van der Waals surface area (Å²) in [5.74, 6) is -1.01. The van der Waals surface area contributed by atoms with E-state index in [4.69, 9.17) is 15.8 Å². The maximum absolute atomic E-state index is 13.2. The highest BCUT2D eigenvalue weighted by Crippen LogP contribution is 2.36. The summed E-state index contributed by atoms with van der Waals surface area (Å²) in [5, 5.41) is 26.4. The van der Waals surface area contributed by atoms with Gasteiger partial charge in [-0.25, -0.2) is 0 Å². The van der Waals surface area contributed by atoms with Crippen molar-refractivity contribution in [2.45, 2.75) is 31.7 Å². The van der Waals surface area contributed by atoms with Gasteiger partial charge in [-0.2, -0.15) is 42.1 Å². The second kappa shape index (κ2) is 9.84. The molecule has 1 aromatic carbocycles. The third-order valence-electron chi connectivity index (χ3n) is 3.99. The van der Waals surface area contributed by atoms with Gasteiger partial charge in [-0.05, 0) is 24.6 Å². The molecule has 0 saturated carbocycles. The second-order valence-corrected chi connectivity index (χ2v) is 6.02. The zero-order valence-corrected chi connectivity index (χ0v) is 15.5. The highest BCUT2D eigenvalue weighted by Gasteiger charge is 2.39. The van der Waals surface area contributed by atoms with E-state index in [2.05, 4.69) is 0 Å². The number of alkyl halides is 6. The Morgan fingerprint density at radius 2 is 1.63 bits per heavy atom. The Hall–Kier alpha value is -3.46. The number of anilines is 1. The zero-order valence-electron chi connectivity index (χ0n) is 15.5. The quantitative estimate of drug-likeness (QED) is 0.486. The average molecular weight is 431 g/mol. The minimum atomic E-state index is -5.01. The molecule has 0 radical (unpaired) electrons. The fourth-order valence-corrected chi connectivity index (χ4v) is 2.74. The topological polar surface area (TPSA) is 94.9 Å². The Balaban J connectivity index is 3.57. The third kappa shape index (κ3) is 6.28. The van der Waals surface area contributed by atoms with Crippen molar-refractivity contribution >= 4 is 11.6 Å². The molecule has 160 valence electrons. The van der Waals surface area contributed by atoms with Crippen molar-refractivity contribution in [2.75, 3.05) is 24.5 Å². The van der Waals surface area contributed by atoms with E-state index in [1.807, 2.05) is 0 Å². The van der Waals surface area contributed by atoms with Crippen LogP contribution >= 0.6 is 0 Å². The van der Waals surface area contributed by atoms with Gasteiger partial charge in [0.25, 0.3) is 0 Å². The molecule has 0 aliphatic carbocycles. The number of nitrogens with zero attached hydrogens (tertiary/aromatic N) is 5. The van der Waals surface area contributed by atoms with Gasteiger partial charge in [0.1, 0.15) is 25.7 Å².